The first kappa shape index (κ1) is 17.5. The second-order valence-corrected chi connectivity index (χ2v) is 6.23. The van der Waals surface area contributed by atoms with Crippen LogP contribution in [0, 0.1) is 0 Å². The zero-order valence-corrected chi connectivity index (χ0v) is 14.2. The van der Waals surface area contributed by atoms with Crippen molar-refractivity contribution in [3.05, 3.63) is 69.5 Å². The van der Waals surface area contributed by atoms with Crippen molar-refractivity contribution < 1.29 is 24.7 Å². The number of nitrogens with zero attached hydrogens (tertiary/aromatic N) is 4. The van der Waals surface area contributed by atoms with Gasteiger partial charge in [-0.25, -0.2) is 24.4 Å². The monoisotopic (exact) mass is 380 g/mol. The minimum absolute atomic E-state index is 0.0189. The zero-order chi connectivity index (χ0) is 20.0. The van der Waals surface area contributed by atoms with Crippen molar-refractivity contribution in [1.29, 1.82) is 0 Å². The third kappa shape index (κ3) is 2.81. The predicted octanol–water partition coefficient (Wildman–Crippen LogP) is 0.452. The Balaban J connectivity index is 1.78. The number of hydrogen-bond acceptors (Lipinski definition) is 7. The summed E-state index contributed by atoms with van der Waals surface area (Å²) in [4.78, 5) is 55.9. The van der Waals surface area contributed by atoms with E-state index in [9.17, 15) is 24.4 Å². The van der Waals surface area contributed by atoms with E-state index in [2.05, 4.69) is 9.97 Å². The summed E-state index contributed by atoms with van der Waals surface area (Å²) in [5.41, 5.74) is 0.541. The molecule has 1 aliphatic rings. The number of aromatic nitrogens is 3. The maximum Gasteiger partial charge on any atom is 0.354 e. The number of pyridine rings is 1. The van der Waals surface area contributed by atoms with Crippen LogP contribution in [0.2, 0.25) is 0 Å². The van der Waals surface area contributed by atoms with Crippen molar-refractivity contribution in [3.63, 3.8) is 0 Å². The minimum atomic E-state index is -1.31. The average Bonchev–Trinajstić information content (AvgIpc) is 2.68. The molecule has 2 aromatic heterocycles. The second kappa shape index (κ2) is 6.35. The molecule has 0 unspecified atom stereocenters. The molecule has 3 heterocycles. The quantitative estimate of drug-likeness (QED) is 0.610. The molecule has 2 N–H and O–H groups in total. The number of rotatable bonds is 2. The van der Waals surface area contributed by atoms with Gasteiger partial charge in [0.15, 0.2) is 0 Å². The molecule has 0 spiro atoms. The van der Waals surface area contributed by atoms with Gasteiger partial charge >= 0.3 is 5.97 Å². The number of carbonyl (C=O) groups is 3. The van der Waals surface area contributed by atoms with Crippen LogP contribution in [0.4, 0.5) is 0 Å². The van der Waals surface area contributed by atoms with Gasteiger partial charge in [0.1, 0.15) is 12.0 Å². The van der Waals surface area contributed by atoms with Crippen LogP contribution in [0.3, 0.4) is 0 Å². The summed E-state index contributed by atoms with van der Waals surface area (Å²) in [5, 5.41) is 19.1. The summed E-state index contributed by atoms with van der Waals surface area (Å²) >= 11 is 0. The minimum Gasteiger partial charge on any atom is -0.477 e. The van der Waals surface area contributed by atoms with Crippen molar-refractivity contribution in [3.8, 4) is 0 Å². The molecule has 28 heavy (non-hydrogen) atoms. The average molecular weight is 380 g/mol. The molecule has 4 rings (SSSR count). The first-order valence-electron chi connectivity index (χ1n) is 8.11. The molecular weight excluding hydrogens is 368 g/mol. The Morgan fingerprint density at radius 3 is 2.61 bits per heavy atom. The lowest BCUT2D eigenvalue weighted by atomic mass is 9.97. The number of benzene rings is 1. The molecule has 0 saturated carbocycles. The highest BCUT2D eigenvalue weighted by atomic mass is 16.5. The molecule has 1 amide bonds. The normalized spacial score (nSPS) is 13.5. The molecular formula is C18H12N4O6. The fourth-order valence-corrected chi connectivity index (χ4v) is 3.01. The van der Waals surface area contributed by atoms with Gasteiger partial charge in [-0.15, -0.1) is 0 Å². The van der Waals surface area contributed by atoms with Gasteiger partial charge in [-0.3, -0.25) is 19.6 Å². The third-order valence-electron chi connectivity index (χ3n) is 4.49. The first-order chi connectivity index (χ1) is 13.3. The molecule has 10 nitrogen and oxygen atoms in total. The Morgan fingerprint density at radius 1 is 1.07 bits per heavy atom. The number of fused-ring (bicyclic) bond motifs is 2. The van der Waals surface area contributed by atoms with Gasteiger partial charge in [0.2, 0.25) is 0 Å². The Kier molecular flexibility index (Phi) is 3.97. The summed E-state index contributed by atoms with van der Waals surface area (Å²) in [7, 11) is 0. The zero-order valence-electron chi connectivity index (χ0n) is 14.2. The Labute approximate surface area is 156 Å². The topological polar surface area (TPSA) is 143 Å². The van der Waals surface area contributed by atoms with E-state index in [0.717, 1.165) is 23.2 Å². The van der Waals surface area contributed by atoms with Gasteiger partial charge in [-0.05, 0) is 29.3 Å². The molecule has 0 saturated heterocycles. The Hall–Kier alpha value is -3.92. The summed E-state index contributed by atoms with van der Waals surface area (Å²) in [6.45, 7) is 0.0189. The van der Waals surface area contributed by atoms with Gasteiger partial charge in [0.05, 0.1) is 30.1 Å². The smallest absolute Gasteiger partial charge is 0.354 e. The molecule has 3 aromatic rings. The summed E-state index contributed by atoms with van der Waals surface area (Å²) in [5.74, 6) is -2.47. The molecule has 1 aromatic carbocycles. The summed E-state index contributed by atoms with van der Waals surface area (Å²) in [6.07, 6.45) is 2.14. The molecule has 0 bridgehead atoms. The standard InChI is InChI=1S/C18H12N4O6/c23-15-4-11-3-9(1-2-10(11)7-22(15)28)16(24)21-8-20-14-6-19-13(18(26)27)5-12(14)17(21)25/h1-3,5-6,8,28H,4,7H2,(H,26,27). The maximum absolute atomic E-state index is 12.8. The van der Waals surface area contributed by atoms with Crippen LogP contribution in [-0.4, -0.2) is 47.7 Å². The molecule has 1 aliphatic heterocycles. The number of aromatic carboxylic acids is 1. The largest absolute Gasteiger partial charge is 0.477 e. The first-order valence-corrected chi connectivity index (χ1v) is 8.11. The molecule has 10 heteroatoms. The molecule has 0 aliphatic carbocycles. The van der Waals surface area contributed by atoms with Crippen molar-refractivity contribution in [2.75, 3.05) is 0 Å². The van der Waals surface area contributed by atoms with Crippen molar-refractivity contribution in [2.24, 2.45) is 0 Å². The van der Waals surface area contributed by atoms with Crippen LogP contribution < -0.4 is 5.56 Å². The van der Waals surface area contributed by atoms with Crippen LogP contribution >= 0.6 is 0 Å². The molecule has 0 atom stereocenters. The van der Waals surface area contributed by atoms with E-state index in [4.69, 9.17) is 5.11 Å². The maximum atomic E-state index is 12.8. The van der Waals surface area contributed by atoms with E-state index in [1.165, 1.54) is 12.1 Å². The second-order valence-electron chi connectivity index (χ2n) is 6.23. The van der Waals surface area contributed by atoms with E-state index in [1.807, 2.05) is 0 Å². The fraction of sp³-hybridized carbons (Fsp3) is 0.111. The van der Waals surface area contributed by atoms with Gasteiger partial charge in [-0.2, -0.15) is 0 Å². The SMILES string of the molecule is O=C(O)c1cc2c(=O)n(C(=O)c3ccc4c(c3)CC(=O)N(O)C4)cnc2cn1. The predicted molar refractivity (Wildman–Crippen MR) is 93.0 cm³/mol. The van der Waals surface area contributed by atoms with E-state index in [-0.39, 0.29) is 35.1 Å². The number of hydrogen-bond donors (Lipinski definition) is 2. The van der Waals surface area contributed by atoms with E-state index in [0.29, 0.717) is 16.2 Å². The lowest BCUT2D eigenvalue weighted by Crippen LogP contribution is -2.33. The van der Waals surface area contributed by atoms with Gasteiger partial charge in [-0.1, -0.05) is 6.07 Å². The molecule has 0 radical (unpaired) electrons. The Morgan fingerprint density at radius 2 is 1.86 bits per heavy atom. The van der Waals surface area contributed by atoms with Gasteiger partial charge in [0, 0.05) is 5.56 Å². The number of carboxylic acid groups (broad SMARTS) is 1. The number of carboxylic acids is 1. The highest BCUT2D eigenvalue weighted by molar-refractivity contribution is 5.98. The molecule has 0 fully saturated rings. The van der Waals surface area contributed by atoms with Crippen LogP contribution in [-0.2, 0) is 17.8 Å². The van der Waals surface area contributed by atoms with Crippen LogP contribution in [0.15, 0.2) is 41.6 Å². The van der Waals surface area contributed by atoms with Crippen LogP contribution in [0.5, 0.6) is 0 Å². The fourth-order valence-electron chi connectivity index (χ4n) is 3.01. The highest BCUT2D eigenvalue weighted by Gasteiger charge is 2.23. The summed E-state index contributed by atoms with van der Waals surface area (Å²) < 4.78 is 0.776. The third-order valence-corrected chi connectivity index (χ3v) is 4.49. The van der Waals surface area contributed by atoms with Crippen LogP contribution in [0.1, 0.15) is 32.0 Å². The Bertz CT molecular complexity index is 1230. The lowest BCUT2D eigenvalue weighted by molar-refractivity contribution is -0.168. The van der Waals surface area contributed by atoms with Crippen molar-refractivity contribution in [1.82, 2.24) is 19.6 Å². The van der Waals surface area contributed by atoms with Gasteiger partial charge in [0.25, 0.3) is 17.4 Å². The highest BCUT2D eigenvalue weighted by Crippen LogP contribution is 2.20. The summed E-state index contributed by atoms with van der Waals surface area (Å²) in [6, 6.07) is 5.65. The number of amides is 1. The molecule has 140 valence electrons. The van der Waals surface area contributed by atoms with E-state index >= 15 is 0 Å². The van der Waals surface area contributed by atoms with Gasteiger partial charge < -0.3 is 5.11 Å². The number of carbonyl (C=O) groups excluding carboxylic acids is 2. The van der Waals surface area contributed by atoms with Crippen LogP contribution in [0.25, 0.3) is 10.9 Å². The van der Waals surface area contributed by atoms with Crippen molar-refractivity contribution >= 4 is 28.7 Å². The van der Waals surface area contributed by atoms with E-state index in [1.54, 1.807) is 6.07 Å². The van der Waals surface area contributed by atoms with Crippen molar-refractivity contribution in [2.45, 2.75) is 13.0 Å². The lowest BCUT2D eigenvalue weighted by Gasteiger charge is -2.23. The van der Waals surface area contributed by atoms with E-state index < -0.39 is 23.3 Å². The number of hydroxylamine groups is 2.